The Labute approximate surface area is 179 Å². The summed E-state index contributed by atoms with van der Waals surface area (Å²) in [5.41, 5.74) is 1.70. The molecule has 2 aromatic heterocycles. The monoisotopic (exact) mass is 428 g/mol. The van der Waals surface area contributed by atoms with Gasteiger partial charge >= 0.3 is 0 Å². The van der Waals surface area contributed by atoms with Crippen molar-refractivity contribution in [3.8, 4) is 11.4 Å². The minimum Gasteiger partial charge on any atom is -0.392 e. The Kier molecular flexibility index (Phi) is 5.53. The zero-order valence-electron chi connectivity index (χ0n) is 17.3. The molecule has 3 aromatic rings. The van der Waals surface area contributed by atoms with E-state index in [2.05, 4.69) is 31.8 Å². The summed E-state index contributed by atoms with van der Waals surface area (Å²) in [6, 6.07) is 5.13. The molecule has 2 saturated heterocycles. The summed E-state index contributed by atoms with van der Waals surface area (Å²) in [4.78, 5) is 15.7. The smallest absolute Gasteiger partial charge is 0.182 e. The first-order chi connectivity index (χ1) is 15.2. The molecule has 10 heteroatoms. The first-order valence-electron chi connectivity index (χ1n) is 10.4. The second-order valence-corrected chi connectivity index (χ2v) is 7.83. The number of halogens is 1. The summed E-state index contributed by atoms with van der Waals surface area (Å²) in [5.74, 6) is -0.253. The molecule has 2 atom stereocenters. The minimum atomic E-state index is -0.511. The van der Waals surface area contributed by atoms with Crippen LogP contribution in [0, 0.1) is 5.82 Å². The Morgan fingerprint density at radius 2 is 2.13 bits per heavy atom. The van der Waals surface area contributed by atoms with Crippen LogP contribution in [0.4, 0.5) is 4.39 Å². The average molecular weight is 428 g/mol. The quantitative estimate of drug-likeness (QED) is 0.662. The molecule has 5 rings (SSSR count). The second kappa shape index (κ2) is 8.46. The topological polar surface area (TPSA) is 88.8 Å². The number of rotatable bonds is 4. The van der Waals surface area contributed by atoms with Crippen LogP contribution in [0.15, 0.2) is 30.7 Å². The number of morpholine rings is 2. The lowest BCUT2D eigenvalue weighted by atomic mass is 10.1. The molecule has 0 saturated carbocycles. The van der Waals surface area contributed by atoms with Crippen LogP contribution in [0.1, 0.15) is 12.5 Å². The van der Waals surface area contributed by atoms with Crippen molar-refractivity contribution >= 4 is 11.2 Å². The van der Waals surface area contributed by atoms with Gasteiger partial charge in [0.1, 0.15) is 23.9 Å². The molecule has 9 nitrogen and oxygen atoms in total. The highest BCUT2D eigenvalue weighted by atomic mass is 19.1. The van der Waals surface area contributed by atoms with Crippen LogP contribution in [0.25, 0.3) is 22.6 Å². The molecule has 31 heavy (non-hydrogen) atoms. The number of aromatic nitrogens is 4. The zero-order chi connectivity index (χ0) is 21.4. The number of ether oxygens (including phenoxy) is 2. The number of benzene rings is 1. The lowest BCUT2D eigenvalue weighted by Gasteiger charge is -2.44. The van der Waals surface area contributed by atoms with Crippen molar-refractivity contribution in [3.05, 3.63) is 42.1 Å². The Hall–Kier alpha value is -2.66. The van der Waals surface area contributed by atoms with E-state index in [1.165, 1.54) is 0 Å². The summed E-state index contributed by atoms with van der Waals surface area (Å²) < 4.78 is 28.2. The highest BCUT2D eigenvalue weighted by molar-refractivity contribution is 5.73. The lowest BCUT2D eigenvalue weighted by molar-refractivity contribution is -0.126. The van der Waals surface area contributed by atoms with Gasteiger partial charge in [-0.05, 0) is 13.0 Å². The molecule has 1 aromatic carbocycles. The normalized spacial score (nSPS) is 22.9. The van der Waals surface area contributed by atoms with Crippen LogP contribution in [-0.4, -0.2) is 81.4 Å². The molecular weight excluding hydrogens is 403 g/mol. The number of hydrogen-bond donors (Lipinski definition) is 1. The molecule has 164 valence electrons. The van der Waals surface area contributed by atoms with Gasteiger partial charge in [-0.2, -0.15) is 0 Å². The van der Waals surface area contributed by atoms with E-state index in [0.29, 0.717) is 44.1 Å². The predicted octanol–water partition coefficient (Wildman–Crippen LogP) is 1.14. The largest absolute Gasteiger partial charge is 0.392 e. The molecular formula is C21H25FN6O3. The summed E-state index contributed by atoms with van der Waals surface area (Å²) in [5, 5.41) is 11.5. The van der Waals surface area contributed by atoms with Crippen LogP contribution >= 0.6 is 0 Å². The maximum absolute atomic E-state index is 14.7. The third-order valence-corrected chi connectivity index (χ3v) is 5.88. The van der Waals surface area contributed by atoms with Crippen LogP contribution in [0.3, 0.4) is 0 Å². The highest BCUT2D eigenvalue weighted by Crippen LogP contribution is 2.24. The van der Waals surface area contributed by atoms with Crippen molar-refractivity contribution in [2.24, 2.45) is 0 Å². The van der Waals surface area contributed by atoms with Gasteiger partial charge in [-0.1, -0.05) is 12.1 Å². The van der Waals surface area contributed by atoms with Gasteiger partial charge < -0.3 is 19.6 Å². The van der Waals surface area contributed by atoms with Gasteiger partial charge in [-0.25, -0.2) is 24.0 Å². The number of aliphatic hydroxyl groups excluding tert-OH is 1. The van der Waals surface area contributed by atoms with Crippen molar-refractivity contribution in [1.82, 2.24) is 24.5 Å². The highest BCUT2D eigenvalue weighted by Gasteiger charge is 2.32. The molecule has 0 spiro atoms. The fourth-order valence-electron chi connectivity index (χ4n) is 4.19. The number of aliphatic hydroxyl groups is 1. The third-order valence-electron chi connectivity index (χ3n) is 5.88. The molecule has 0 amide bonds. The maximum Gasteiger partial charge on any atom is 0.182 e. The molecule has 2 unspecified atom stereocenters. The van der Waals surface area contributed by atoms with Crippen molar-refractivity contribution < 1.29 is 19.0 Å². The fraction of sp³-hybridized carbons (Fsp3) is 0.476. The van der Waals surface area contributed by atoms with E-state index in [0.717, 1.165) is 6.54 Å². The van der Waals surface area contributed by atoms with E-state index in [1.807, 2.05) is 4.68 Å². The molecule has 2 aliphatic heterocycles. The van der Waals surface area contributed by atoms with Crippen molar-refractivity contribution in [3.63, 3.8) is 0 Å². The Morgan fingerprint density at radius 3 is 2.97 bits per heavy atom. The molecule has 0 radical (unpaired) electrons. The summed E-state index contributed by atoms with van der Waals surface area (Å²) in [6.45, 7) is 5.92. The standard InChI is InChI=1S/C21H25FN6O3/c1-14-12-30-7-6-27(14)18-10-26(5-8-31-18)28-13-24-17-9-23-20(25-21(17)28)16-4-2-3-15(11-29)19(16)22/h2-4,9,13-14,18,29H,5-8,10-12H2,1H3. The van der Waals surface area contributed by atoms with Gasteiger partial charge in [0.05, 0.1) is 51.3 Å². The Morgan fingerprint density at radius 1 is 1.23 bits per heavy atom. The predicted molar refractivity (Wildman–Crippen MR) is 111 cm³/mol. The van der Waals surface area contributed by atoms with Crippen molar-refractivity contribution in [2.75, 3.05) is 44.5 Å². The minimum absolute atomic E-state index is 0.0508. The summed E-state index contributed by atoms with van der Waals surface area (Å²) in [6.07, 6.45) is 3.26. The zero-order valence-corrected chi connectivity index (χ0v) is 17.3. The first-order valence-corrected chi connectivity index (χ1v) is 10.4. The Bertz CT molecular complexity index is 1080. The van der Waals surface area contributed by atoms with Crippen LogP contribution < -0.4 is 5.01 Å². The van der Waals surface area contributed by atoms with E-state index < -0.39 is 5.82 Å². The molecule has 1 N–H and O–H groups in total. The summed E-state index contributed by atoms with van der Waals surface area (Å²) >= 11 is 0. The van der Waals surface area contributed by atoms with Crippen LogP contribution in [-0.2, 0) is 16.1 Å². The molecule has 2 fully saturated rings. The first kappa shape index (κ1) is 20.3. The Balaban J connectivity index is 1.46. The van der Waals surface area contributed by atoms with Gasteiger partial charge in [0.2, 0.25) is 0 Å². The number of fused-ring (bicyclic) bond motifs is 1. The number of nitrogens with zero attached hydrogens (tertiary/aromatic N) is 6. The maximum atomic E-state index is 14.7. The number of imidazole rings is 1. The fourth-order valence-corrected chi connectivity index (χ4v) is 4.19. The third kappa shape index (κ3) is 3.76. The summed E-state index contributed by atoms with van der Waals surface area (Å²) in [7, 11) is 0. The van der Waals surface area contributed by atoms with Gasteiger partial charge in [0, 0.05) is 18.2 Å². The SMILES string of the molecule is CC1COCCN1C1CN(n2cnc3cnc(-c4cccc(CO)c4F)nc32)CCO1. The molecule has 0 aliphatic carbocycles. The lowest BCUT2D eigenvalue weighted by Crippen LogP contribution is -2.59. The van der Waals surface area contributed by atoms with E-state index >= 15 is 0 Å². The van der Waals surface area contributed by atoms with Crippen LogP contribution in [0.5, 0.6) is 0 Å². The van der Waals surface area contributed by atoms with Gasteiger partial charge in [0.15, 0.2) is 11.5 Å². The van der Waals surface area contributed by atoms with E-state index in [-0.39, 0.29) is 35.8 Å². The van der Waals surface area contributed by atoms with E-state index in [4.69, 9.17) is 9.47 Å². The van der Waals surface area contributed by atoms with Gasteiger partial charge in [0.25, 0.3) is 0 Å². The van der Waals surface area contributed by atoms with Gasteiger partial charge in [-0.15, -0.1) is 0 Å². The van der Waals surface area contributed by atoms with E-state index in [1.54, 1.807) is 30.7 Å². The van der Waals surface area contributed by atoms with Gasteiger partial charge in [-0.3, -0.25) is 4.90 Å². The van der Waals surface area contributed by atoms with Crippen molar-refractivity contribution in [2.45, 2.75) is 25.8 Å². The molecule has 0 bridgehead atoms. The molecule has 4 heterocycles. The second-order valence-electron chi connectivity index (χ2n) is 7.83. The van der Waals surface area contributed by atoms with Crippen LogP contribution in [0.2, 0.25) is 0 Å². The average Bonchev–Trinajstić information content (AvgIpc) is 3.23. The van der Waals surface area contributed by atoms with E-state index in [9.17, 15) is 9.50 Å². The molecule has 2 aliphatic rings. The van der Waals surface area contributed by atoms with Crippen molar-refractivity contribution in [1.29, 1.82) is 0 Å². The number of hydrogen-bond acceptors (Lipinski definition) is 8.